The summed E-state index contributed by atoms with van der Waals surface area (Å²) in [7, 11) is 0. The maximum absolute atomic E-state index is 10.3. The van der Waals surface area contributed by atoms with Crippen molar-refractivity contribution in [3.63, 3.8) is 0 Å². The summed E-state index contributed by atoms with van der Waals surface area (Å²) in [5.74, 6) is 0.570. The number of unbranched alkanes of at least 4 members (excludes halogenated alkanes) is 3. The van der Waals surface area contributed by atoms with Crippen LogP contribution in [0.3, 0.4) is 0 Å². The summed E-state index contributed by atoms with van der Waals surface area (Å²) >= 11 is 0. The summed E-state index contributed by atoms with van der Waals surface area (Å²) in [6.45, 7) is 4.83. The van der Waals surface area contributed by atoms with Gasteiger partial charge in [-0.3, -0.25) is 0 Å². The smallest absolute Gasteiger partial charge is 0.0583 e. The van der Waals surface area contributed by atoms with E-state index >= 15 is 0 Å². The van der Waals surface area contributed by atoms with E-state index in [0.29, 0.717) is 12.0 Å². The van der Waals surface area contributed by atoms with Gasteiger partial charge in [0, 0.05) is 12.0 Å². The number of nitrogens with zero attached hydrogens (tertiary/aromatic N) is 1. The van der Waals surface area contributed by atoms with Gasteiger partial charge in [0.1, 0.15) is 0 Å². The van der Waals surface area contributed by atoms with Gasteiger partial charge in [-0.15, -0.1) is 0 Å². The number of aliphatic hydroxyl groups is 1. The maximum Gasteiger partial charge on any atom is 0.0583 e. The molecule has 1 aliphatic carbocycles. The van der Waals surface area contributed by atoms with E-state index in [4.69, 9.17) is 0 Å². The molecular weight excluding hydrogens is 234 g/mol. The maximum atomic E-state index is 10.3. The fourth-order valence-corrected chi connectivity index (χ4v) is 4.11. The van der Waals surface area contributed by atoms with Crippen LogP contribution < -0.4 is 0 Å². The van der Waals surface area contributed by atoms with Crippen LogP contribution in [0.15, 0.2) is 0 Å². The first-order valence-corrected chi connectivity index (χ1v) is 8.75. The molecule has 3 atom stereocenters. The molecule has 3 unspecified atom stereocenters. The standard InChI is InChI=1S/C17H33NO/c1-2-3-4-8-13-18-14-9-7-11-16(18)15-10-5-6-12-17(15)19/h15-17,19H,2-14H2,1H3. The van der Waals surface area contributed by atoms with E-state index < -0.39 is 0 Å². The third kappa shape index (κ3) is 4.46. The van der Waals surface area contributed by atoms with E-state index in [1.165, 1.54) is 77.3 Å². The molecule has 0 aromatic carbocycles. The molecular formula is C17H33NO. The van der Waals surface area contributed by atoms with Gasteiger partial charge in [0.05, 0.1) is 6.10 Å². The van der Waals surface area contributed by atoms with Gasteiger partial charge in [-0.2, -0.15) is 0 Å². The van der Waals surface area contributed by atoms with Gasteiger partial charge >= 0.3 is 0 Å². The predicted molar refractivity (Wildman–Crippen MR) is 81.3 cm³/mol. The van der Waals surface area contributed by atoms with Crippen LogP contribution in [0.1, 0.15) is 77.6 Å². The lowest BCUT2D eigenvalue weighted by Gasteiger charge is -2.43. The fourth-order valence-electron chi connectivity index (χ4n) is 4.11. The molecule has 2 nitrogen and oxygen atoms in total. The lowest BCUT2D eigenvalue weighted by molar-refractivity contribution is -0.00600. The summed E-state index contributed by atoms with van der Waals surface area (Å²) in [5, 5.41) is 10.3. The molecule has 1 heterocycles. The Morgan fingerprint density at radius 1 is 0.947 bits per heavy atom. The highest BCUT2D eigenvalue weighted by Gasteiger charge is 2.35. The molecule has 2 fully saturated rings. The molecule has 1 saturated carbocycles. The van der Waals surface area contributed by atoms with Gasteiger partial charge in [-0.05, 0) is 45.2 Å². The number of aliphatic hydroxyl groups excluding tert-OH is 1. The van der Waals surface area contributed by atoms with Crippen LogP contribution >= 0.6 is 0 Å². The summed E-state index contributed by atoms with van der Waals surface area (Å²) in [6, 6.07) is 0.686. The van der Waals surface area contributed by atoms with E-state index in [9.17, 15) is 5.11 Å². The number of likely N-dealkylation sites (tertiary alicyclic amines) is 1. The van der Waals surface area contributed by atoms with Gasteiger partial charge in [0.2, 0.25) is 0 Å². The van der Waals surface area contributed by atoms with Crippen molar-refractivity contribution in [2.75, 3.05) is 13.1 Å². The fraction of sp³-hybridized carbons (Fsp3) is 1.00. The third-order valence-electron chi connectivity index (χ3n) is 5.24. The molecule has 0 radical (unpaired) electrons. The first kappa shape index (κ1) is 15.3. The Bertz CT molecular complexity index is 243. The Kier molecular flexibility index (Phi) is 6.66. The lowest BCUT2D eigenvalue weighted by Crippen LogP contribution is -2.48. The Morgan fingerprint density at radius 2 is 1.74 bits per heavy atom. The Labute approximate surface area is 119 Å². The minimum atomic E-state index is -0.0185. The molecule has 19 heavy (non-hydrogen) atoms. The number of rotatable bonds is 6. The molecule has 1 N–H and O–H groups in total. The topological polar surface area (TPSA) is 23.5 Å². The van der Waals surface area contributed by atoms with Gasteiger partial charge in [-0.25, -0.2) is 0 Å². The van der Waals surface area contributed by atoms with Crippen LogP contribution in [0.25, 0.3) is 0 Å². The monoisotopic (exact) mass is 267 g/mol. The predicted octanol–water partition coefficient (Wildman–Crippen LogP) is 3.97. The minimum absolute atomic E-state index is 0.0185. The van der Waals surface area contributed by atoms with Crippen molar-refractivity contribution in [3.05, 3.63) is 0 Å². The molecule has 0 aromatic heterocycles. The Hall–Kier alpha value is -0.0800. The number of piperidine rings is 1. The van der Waals surface area contributed by atoms with Crippen LogP contribution in [0.5, 0.6) is 0 Å². The first-order chi connectivity index (χ1) is 9.33. The SMILES string of the molecule is CCCCCCN1CCCCC1C1CCCCC1O. The van der Waals surface area contributed by atoms with E-state index in [1.807, 2.05) is 0 Å². The second-order valence-electron chi connectivity index (χ2n) is 6.68. The van der Waals surface area contributed by atoms with Crippen molar-refractivity contribution in [2.24, 2.45) is 5.92 Å². The zero-order valence-corrected chi connectivity index (χ0v) is 12.8. The summed E-state index contributed by atoms with van der Waals surface area (Å²) < 4.78 is 0. The van der Waals surface area contributed by atoms with E-state index in [0.717, 1.165) is 6.42 Å². The summed E-state index contributed by atoms with van der Waals surface area (Å²) in [4.78, 5) is 2.72. The zero-order chi connectivity index (χ0) is 13.5. The molecule has 0 aromatic rings. The highest BCUT2D eigenvalue weighted by atomic mass is 16.3. The van der Waals surface area contributed by atoms with Crippen molar-refractivity contribution in [1.82, 2.24) is 4.90 Å². The van der Waals surface area contributed by atoms with Gasteiger partial charge in [0.25, 0.3) is 0 Å². The quantitative estimate of drug-likeness (QED) is 0.736. The van der Waals surface area contributed by atoms with Crippen molar-refractivity contribution in [3.8, 4) is 0 Å². The average molecular weight is 267 g/mol. The molecule has 0 spiro atoms. The second kappa shape index (κ2) is 8.26. The molecule has 0 amide bonds. The molecule has 1 saturated heterocycles. The summed E-state index contributed by atoms with van der Waals surface area (Å²) in [5.41, 5.74) is 0. The van der Waals surface area contributed by atoms with Gasteiger partial charge < -0.3 is 10.0 Å². The average Bonchev–Trinajstić information content (AvgIpc) is 2.45. The van der Waals surface area contributed by atoms with Crippen LogP contribution in [-0.4, -0.2) is 35.2 Å². The van der Waals surface area contributed by atoms with Crippen molar-refractivity contribution in [2.45, 2.75) is 89.7 Å². The van der Waals surface area contributed by atoms with E-state index in [2.05, 4.69) is 11.8 Å². The normalized spacial score (nSPS) is 33.5. The van der Waals surface area contributed by atoms with E-state index in [-0.39, 0.29) is 6.10 Å². The van der Waals surface area contributed by atoms with Crippen molar-refractivity contribution < 1.29 is 5.11 Å². The minimum Gasteiger partial charge on any atom is -0.393 e. The van der Waals surface area contributed by atoms with Crippen LogP contribution in [0.4, 0.5) is 0 Å². The number of hydrogen-bond acceptors (Lipinski definition) is 2. The largest absolute Gasteiger partial charge is 0.393 e. The molecule has 112 valence electrons. The first-order valence-electron chi connectivity index (χ1n) is 8.75. The molecule has 1 aliphatic heterocycles. The second-order valence-corrected chi connectivity index (χ2v) is 6.68. The van der Waals surface area contributed by atoms with Crippen LogP contribution in [0.2, 0.25) is 0 Å². The van der Waals surface area contributed by atoms with Crippen molar-refractivity contribution in [1.29, 1.82) is 0 Å². The number of hydrogen-bond donors (Lipinski definition) is 1. The summed E-state index contributed by atoms with van der Waals surface area (Å²) in [6.07, 6.45) is 14.4. The highest BCUT2D eigenvalue weighted by molar-refractivity contribution is 4.88. The zero-order valence-electron chi connectivity index (χ0n) is 12.8. The molecule has 2 aliphatic rings. The Balaban J connectivity index is 1.84. The van der Waals surface area contributed by atoms with Crippen LogP contribution in [0, 0.1) is 5.92 Å². The van der Waals surface area contributed by atoms with Crippen LogP contribution in [-0.2, 0) is 0 Å². The highest BCUT2D eigenvalue weighted by Crippen LogP contribution is 2.34. The van der Waals surface area contributed by atoms with Gasteiger partial charge in [0.15, 0.2) is 0 Å². The molecule has 0 bridgehead atoms. The Morgan fingerprint density at radius 3 is 2.53 bits per heavy atom. The lowest BCUT2D eigenvalue weighted by atomic mass is 9.78. The van der Waals surface area contributed by atoms with E-state index in [1.54, 1.807) is 0 Å². The van der Waals surface area contributed by atoms with Crippen molar-refractivity contribution >= 4 is 0 Å². The molecule has 2 rings (SSSR count). The van der Waals surface area contributed by atoms with Gasteiger partial charge in [-0.1, -0.05) is 45.4 Å². The molecule has 2 heteroatoms. The third-order valence-corrected chi connectivity index (χ3v) is 5.24.